The molecule has 248 valence electrons. The number of hydrogen-bond acceptors (Lipinski definition) is 5. The highest BCUT2D eigenvalue weighted by Gasteiger charge is 2.57. The maximum atomic E-state index is 7.82. The van der Waals surface area contributed by atoms with Gasteiger partial charge in [0.05, 0.1) is 18.8 Å². The van der Waals surface area contributed by atoms with Crippen molar-refractivity contribution in [3.05, 3.63) is 66.2 Å². The third-order valence-corrected chi connectivity index (χ3v) is 23.4. The van der Waals surface area contributed by atoms with Crippen LogP contribution in [0.5, 0.6) is 0 Å². The highest BCUT2D eigenvalue weighted by Crippen LogP contribution is 2.49. The molecule has 0 unspecified atom stereocenters. The van der Waals surface area contributed by atoms with Gasteiger partial charge in [-0.25, -0.2) is 0 Å². The summed E-state index contributed by atoms with van der Waals surface area (Å²) < 4.78 is 29.5. The van der Waals surface area contributed by atoms with Crippen LogP contribution in [-0.4, -0.2) is 46.5 Å². The fourth-order valence-corrected chi connectivity index (χ4v) is 20.6. The minimum Gasteiger partial charge on any atom is -0.408 e. The number of rotatable bonds is 15. The average Bonchev–Trinajstić information content (AvgIpc) is 2.95. The van der Waals surface area contributed by atoms with Gasteiger partial charge in [0, 0.05) is 4.90 Å². The van der Waals surface area contributed by atoms with Gasteiger partial charge in [0.2, 0.25) is 16.6 Å². The summed E-state index contributed by atoms with van der Waals surface area (Å²) in [5.74, 6) is 0. The molecule has 44 heavy (non-hydrogen) atoms. The van der Waals surface area contributed by atoms with Crippen molar-refractivity contribution >= 4 is 28.4 Å². The molecule has 0 N–H and O–H groups in total. The Balaban J connectivity index is 2.20. The molecule has 1 heterocycles. The number of benzene rings is 2. The van der Waals surface area contributed by atoms with Crippen LogP contribution in [0, 0.1) is 0 Å². The lowest BCUT2D eigenvalue weighted by atomic mass is 10.0. The molecule has 0 amide bonds. The summed E-state index contributed by atoms with van der Waals surface area (Å²) >= 11 is 1.75. The van der Waals surface area contributed by atoms with Gasteiger partial charge in [0.1, 0.15) is 17.6 Å². The lowest BCUT2D eigenvalue weighted by Crippen LogP contribution is -2.66. The van der Waals surface area contributed by atoms with E-state index in [4.69, 9.17) is 18.3 Å². The Kier molecular flexibility index (Phi) is 13.9. The number of ether oxygens (including phenoxy) is 2. The molecule has 1 aliphatic heterocycles. The Morgan fingerprint density at radius 2 is 1.00 bits per heavy atom. The molecule has 1 saturated heterocycles. The van der Waals surface area contributed by atoms with Crippen molar-refractivity contribution in [3.8, 4) is 0 Å². The highest BCUT2D eigenvalue weighted by atomic mass is 32.2. The smallest absolute Gasteiger partial charge is 0.201 e. The van der Waals surface area contributed by atoms with Crippen LogP contribution in [0.25, 0.3) is 0 Å². The van der Waals surface area contributed by atoms with Crippen LogP contribution >= 0.6 is 11.8 Å². The summed E-state index contributed by atoms with van der Waals surface area (Å²) in [5, 5.41) is 0. The van der Waals surface area contributed by atoms with E-state index in [2.05, 4.69) is 151 Å². The summed E-state index contributed by atoms with van der Waals surface area (Å²) in [6.07, 6.45) is -0.905. The monoisotopic (exact) mass is 658 g/mol. The van der Waals surface area contributed by atoms with Gasteiger partial charge in [-0.2, -0.15) is 0 Å². The first-order chi connectivity index (χ1) is 20.7. The van der Waals surface area contributed by atoms with Crippen molar-refractivity contribution in [1.82, 2.24) is 0 Å². The molecule has 4 nitrogen and oxygen atoms in total. The third kappa shape index (κ3) is 8.13. The molecule has 0 aliphatic carbocycles. The molecule has 5 atom stereocenters. The minimum atomic E-state index is -2.32. The van der Waals surface area contributed by atoms with Gasteiger partial charge in [-0.05, 0) is 57.9 Å². The van der Waals surface area contributed by atoms with Crippen molar-refractivity contribution in [2.24, 2.45) is 0 Å². The summed E-state index contributed by atoms with van der Waals surface area (Å²) in [5.41, 5.74) is 3.62. The molecule has 1 fully saturated rings. The van der Waals surface area contributed by atoms with E-state index in [1.165, 1.54) is 4.90 Å². The van der Waals surface area contributed by atoms with Gasteiger partial charge in [-0.15, -0.1) is 0 Å². The minimum absolute atomic E-state index is 0.140. The van der Waals surface area contributed by atoms with E-state index < -0.39 is 16.6 Å². The molecule has 0 bridgehead atoms. The van der Waals surface area contributed by atoms with E-state index in [0.29, 0.717) is 39.9 Å². The van der Waals surface area contributed by atoms with Crippen molar-refractivity contribution in [2.75, 3.05) is 0 Å². The Bertz CT molecular complexity index is 1070. The van der Waals surface area contributed by atoms with Gasteiger partial charge >= 0.3 is 0 Å². The number of hydrogen-bond donors (Lipinski definition) is 0. The van der Waals surface area contributed by atoms with Crippen LogP contribution in [0.15, 0.2) is 65.6 Å². The first-order valence-corrected chi connectivity index (χ1v) is 22.2. The Morgan fingerprint density at radius 1 is 0.591 bits per heavy atom. The van der Waals surface area contributed by atoms with Gasteiger partial charge in [0.25, 0.3) is 0 Å². The van der Waals surface area contributed by atoms with Crippen LogP contribution in [-0.2, 0) is 24.9 Å². The maximum absolute atomic E-state index is 7.82. The fraction of sp³-hybridized carbons (Fsp3) is 0.676. The standard InChI is InChI=1S/C37H62O4SSi2/c1-25(2)43(26(3)4,27(5)6)40-34-31(13)39-37(42-33-22-18-15-19-23-33)36(38-24-32-20-16-14-17-21-32)35(34)41-44(28(7)8,29(9)10)30(11)12/h14-23,25-31,34-37H,24H2,1-13H3/t31-,34-,35+,36+,37+/m0/s1. The second-order valence-electron chi connectivity index (χ2n) is 14.7. The second-order valence-corrected chi connectivity index (χ2v) is 26.7. The van der Waals surface area contributed by atoms with E-state index in [1.54, 1.807) is 11.8 Å². The van der Waals surface area contributed by atoms with Crippen LogP contribution in [0.2, 0.25) is 33.2 Å². The molecule has 7 heteroatoms. The summed E-state index contributed by atoms with van der Waals surface area (Å²) in [6.45, 7) is 31.1. The van der Waals surface area contributed by atoms with Crippen LogP contribution < -0.4 is 0 Å². The quantitative estimate of drug-likeness (QED) is 0.178. The SMILES string of the molecule is CC(C)[Si](O[C@@H]1[C@@H](O[Si](C(C)C)(C(C)C)C(C)C)[C@H](C)O[C@H](Sc2ccccc2)[C@@H]1OCc1ccccc1)(C(C)C)C(C)C. The highest BCUT2D eigenvalue weighted by molar-refractivity contribution is 7.99. The van der Waals surface area contributed by atoms with Crippen molar-refractivity contribution in [1.29, 1.82) is 0 Å². The molecule has 2 aromatic carbocycles. The van der Waals surface area contributed by atoms with Gasteiger partial charge in [0.15, 0.2) is 0 Å². The van der Waals surface area contributed by atoms with E-state index in [9.17, 15) is 0 Å². The largest absolute Gasteiger partial charge is 0.408 e. The summed E-state index contributed by atoms with van der Waals surface area (Å²) in [4.78, 5) is 1.17. The zero-order chi connectivity index (χ0) is 32.8. The predicted molar refractivity (Wildman–Crippen MR) is 193 cm³/mol. The first-order valence-electron chi connectivity index (χ1n) is 17.1. The van der Waals surface area contributed by atoms with Gasteiger partial charge < -0.3 is 18.3 Å². The van der Waals surface area contributed by atoms with E-state index >= 15 is 0 Å². The van der Waals surface area contributed by atoms with Gasteiger partial charge in [-0.1, -0.05) is 143 Å². The molecule has 1 aliphatic rings. The maximum Gasteiger partial charge on any atom is 0.201 e. The van der Waals surface area contributed by atoms with E-state index in [-0.39, 0.29) is 29.9 Å². The average molecular weight is 659 g/mol. The molecule has 0 aromatic heterocycles. The van der Waals surface area contributed by atoms with Crippen LogP contribution in [0.1, 0.15) is 95.6 Å². The topological polar surface area (TPSA) is 36.9 Å². The Labute approximate surface area is 276 Å². The molecule has 2 aromatic rings. The number of thioether (sulfide) groups is 1. The van der Waals surface area contributed by atoms with Gasteiger partial charge in [-0.3, -0.25) is 0 Å². The van der Waals surface area contributed by atoms with Crippen molar-refractivity contribution in [2.45, 2.75) is 165 Å². The van der Waals surface area contributed by atoms with Crippen LogP contribution in [0.3, 0.4) is 0 Å². The van der Waals surface area contributed by atoms with Crippen LogP contribution in [0.4, 0.5) is 0 Å². The van der Waals surface area contributed by atoms with E-state index in [0.717, 1.165) is 5.56 Å². The Morgan fingerprint density at radius 3 is 1.43 bits per heavy atom. The summed E-state index contributed by atoms with van der Waals surface area (Å²) in [6, 6.07) is 21.1. The lowest BCUT2D eigenvalue weighted by molar-refractivity contribution is -0.202. The second kappa shape index (κ2) is 16.3. The van der Waals surface area contributed by atoms with Crippen molar-refractivity contribution < 1.29 is 18.3 Å². The molecule has 0 spiro atoms. The van der Waals surface area contributed by atoms with Crippen molar-refractivity contribution in [3.63, 3.8) is 0 Å². The molecular formula is C37H62O4SSi2. The molecule has 0 radical (unpaired) electrons. The van der Waals surface area contributed by atoms with E-state index in [1.807, 2.05) is 0 Å². The summed E-state index contributed by atoms with van der Waals surface area (Å²) in [7, 11) is -4.60. The molecular weight excluding hydrogens is 597 g/mol. The molecule has 0 saturated carbocycles. The lowest BCUT2D eigenvalue weighted by Gasteiger charge is -2.55. The zero-order valence-corrected chi connectivity index (χ0v) is 32.7. The fourth-order valence-electron chi connectivity index (χ4n) is 8.23. The first kappa shape index (κ1) is 37.5. The molecule has 3 rings (SSSR count). The predicted octanol–water partition coefficient (Wildman–Crippen LogP) is 11.2. The third-order valence-electron chi connectivity index (χ3n) is 10.1. The normalized spacial score (nSPS) is 23.6. The zero-order valence-electron chi connectivity index (χ0n) is 29.9. The Hall–Kier alpha value is -0.936.